The maximum Gasteiger partial charge on any atom is 0.271 e. The summed E-state index contributed by atoms with van der Waals surface area (Å²) in [6.07, 6.45) is 0. The Kier molecular flexibility index (Phi) is 5.69. The van der Waals surface area contributed by atoms with E-state index in [1.54, 1.807) is 0 Å². The summed E-state index contributed by atoms with van der Waals surface area (Å²) in [4.78, 5) is 12.3. The van der Waals surface area contributed by atoms with Crippen LogP contribution in [0, 0.1) is 5.92 Å². The molecule has 2 aromatic rings. The van der Waals surface area contributed by atoms with Crippen molar-refractivity contribution in [3.8, 4) is 0 Å². The third-order valence-electron chi connectivity index (χ3n) is 3.73. The van der Waals surface area contributed by atoms with Crippen molar-refractivity contribution in [2.24, 2.45) is 11.0 Å². The van der Waals surface area contributed by atoms with Gasteiger partial charge in [0.25, 0.3) is 5.91 Å². The van der Waals surface area contributed by atoms with Gasteiger partial charge in [-0.2, -0.15) is 5.10 Å². The van der Waals surface area contributed by atoms with Crippen LogP contribution in [0.3, 0.4) is 0 Å². The zero-order chi connectivity index (χ0) is 16.8. The number of nitrogens with zero attached hydrogens (tertiary/aromatic N) is 1. The molecular weight excluding hydrogens is 284 g/mol. The van der Waals surface area contributed by atoms with Gasteiger partial charge in [0.2, 0.25) is 0 Å². The molecule has 0 fully saturated rings. The van der Waals surface area contributed by atoms with E-state index >= 15 is 0 Å². The summed E-state index contributed by atoms with van der Waals surface area (Å²) in [7, 11) is 0. The fourth-order valence-corrected chi connectivity index (χ4v) is 2.33. The standard InChI is InChI=1S/C20H24N2O/c1-14(2)16-10-12-18(13-11-16)20(23)22-21-19(15(3)4)17-8-6-5-7-9-17/h5-15H,1-4H3,(H,22,23)/b21-19+. The Bertz CT molecular complexity index is 671. The molecule has 0 aromatic heterocycles. The van der Waals surface area contributed by atoms with Gasteiger partial charge in [-0.25, -0.2) is 5.43 Å². The Hall–Kier alpha value is -2.42. The molecule has 3 heteroatoms. The van der Waals surface area contributed by atoms with Crippen LogP contribution in [0.5, 0.6) is 0 Å². The van der Waals surface area contributed by atoms with Gasteiger partial charge in [-0.3, -0.25) is 4.79 Å². The third-order valence-corrected chi connectivity index (χ3v) is 3.73. The van der Waals surface area contributed by atoms with Gasteiger partial charge in [-0.05, 0) is 35.1 Å². The van der Waals surface area contributed by atoms with Gasteiger partial charge in [0.1, 0.15) is 0 Å². The monoisotopic (exact) mass is 308 g/mol. The highest BCUT2D eigenvalue weighted by Gasteiger charge is 2.10. The second-order valence-corrected chi connectivity index (χ2v) is 6.24. The molecule has 1 N–H and O–H groups in total. The normalized spacial score (nSPS) is 11.8. The van der Waals surface area contributed by atoms with Crippen LogP contribution in [0.2, 0.25) is 0 Å². The van der Waals surface area contributed by atoms with Crippen molar-refractivity contribution in [1.82, 2.24) is 5.43 Å². The fourth-order valence-electron chi connectivity index (χ4n) is 2.33. The Morgan fingerprint density at radius 3 is 2.00 bits per heavy atom. The maximum absolute atomic E-state index is 12.3. The highest BCUT2D eigenvalue weighted by Crippen LogP contribution is 2.15. The Morgan fingerprint density at radius 2 is 1.48 bits per heavy atom. The summed E-state index contributed by atoms with van der Waals surface area (Å²) < 4.78 is 0. The van der Waals surface area contributed by atoms with Gasteiger partial charge in [0, 0.05) is 5.56 Å². The fraction of sp³-hybridized carbons (Fsp3) is 0.300. The molecule has 0 bridgehead atoms. The largest absolute Gasteiger partial charge is 0.271 e. The van der Waals surface area contributed by atoms with Crippen molar-refractivity contribution in [2.75, 3.05) is 0 Å². The SMILES string of the molecule is CC(C)/C(=N\NC(=O)c1ccc(C(C)C)cc1)c1ccccc1. The smallest absolute Gasteiger partial charge is 0.267 e. The number of carbonyl (C=O) groups is 1. The summed E-state index contributed by atoms with van der Waals surface area (Å²) in [5.74, 6) is 0.492. The minimum absolute atomic E-state index is 0.186. The van der Waals surface area contributed by atoms with Crippen LogP contribution in [-0.2, 0) is 0 Å². The third kappa shape index (κ3) is 4.52. The second-order valence-electron chi connectivity index (χ2n) is 6.24. The molecule has 23 heavy (non-hydrogen) atoms. The molecule has 0 saturated heterocycles. The van der Waals surface area contributed by atoms with Gasteiger partial charge in [0.15, 0.2) is 0 Å². The van der Waals surface area contributed by atoms with Gasteiger partial charge in [-0.1, -0.05) is 70.2 Å². The average Bonchev–Trinajstić information content (AvgIpc) is 2.55. The van der Waals surface area contributed by atoms with Crippen LogP contribution < -0.4 is 5.43 Å². The van der Waals surface area contributed by atoms with Crippen LogP contribution in [0.25, 0.3) is 0 Å². The molecule has 0 aliphatic carbocycles. The molecule has 0 saturated carbocycles. The Labute approximate surface area is 138 Å². The highest BCUT2D eigenvalue weighted by molar-refractivity contribution is 6.03. The quantitative estimate of drug-likeness (QED) is 0.636. The van der Waals surface area contributed by atoms with Crippen molar-refractivity contribution in [2.45, 2.75) is 33.6 Å². The van der Waals surface area contributed by atoms with E-state index in [9.17, 15) is 4.79 Å². The molecule has 0 aliphatic rings. The molecule has 0 spiro atoms. The van der Waals surface area contributed by atoms with Crippen molar-refractivity contribution in [3.05, 3.63) is 71.3 Å². The lowest BCUT2D eigenvalue weighted by atomic mass is 10.0. The lowest BCUT2D eigenvalue weighted by molar-refractivity contribution is 0.0954. The lowest BCUT2D eigenvalue weighted by Gasteiger charge is -2.11. The number of amides is 1. The molecular formula is C20H24N2O. The first-order valence-corrected chi connectivity index (χ1v) is 8.02. The maximum atomic E-state index is 12.3. The number of hydrogen-bond acceptors (Lipinski definition) is 2. The highest BCUT2D eigenvalue weighted by atomic mass is 16.2. The van der Waals surface area contributed by atoms with Crippen LogP contribution in [0.4, 0.5) is 0 Å². The van der Waals surface area contributed by atoms with Crippen LogP contribution >= 0.6 is 0 Å². The molecule has 2 aromatic carbocycles. The van der Waals surface area contributed by atoms with Crippen molar-refractivity contribution < 1.29 is 4.79 Å². The summed E-state index contributed by atoms with van der Waals surface area (Å²) in [6.45, 7) is 8.40. The van der Waals surface area contributed by atoms with Crippen molar-refractivity contribution in [3.63, 3.8) is 0 Å². The minimum Gasteiger partial charge on any atom is -0.267 e. The number of hydrogen-bond donors (Lipinski definition) is 1. The first-order chi connectivity index (χ1) is 11.0. The zero-order valence-corrected chi connectivity index (χ0v) is 14.2. The van der Waals surface area contributed by atoms with E-state index in [-0.39, 0.29) is 11.8 Å². The number of nitrogens with one attached hydrogen (secondary N) is 1. The van der Waals surface area contributed by atoms with E-state index < -0.39 is 0 Å². The predicted molar refractivity (Wildman–Crippen MR) is 95.8 cm³/mol. The number of benzene rings is 2. The Morgan fingerprint density at radius 1 is 0.870 bits per heavy atom. The van der Waals surface area contributed by atoms with Gasteiger partial charge < -0.3 is 0 Å². The number of rotatable bonds is 5. The molecule has 0 heterocycles. The second kappa shape index (κ2) is 7.73. The summed E-state index contributed by atoms with van der Waals surface area (Å²) in [5.41, 5.74) is 6.41. The first kappa shape index (κ1) is 16.9. The van der Waals surface area contributed by atoms with E-state index in [0.717, 1.165) is 11.3 Å². The van der Waals surface area contributed by atoms with E-state index in [2.05, 4.69) is 38.2 Å². The van der Waals surface area contributed by atoms with E-state index in [1.807, 2.05) is 54.6 Å². The van der Waals surface area contributed by atoms with E-state index in [0.29, 0.717) is 11.5 Å². The van der Waals surface area contributed by atoms with E-state index in [4.69, 9.17) is 0 Å². The van der Waals surface area contributed by atoms with Crippen LogP contribution in [-0.4, -0.2) is 11.6 Å². The van der Waals surface area contributed by atoms with E-state index in [1.165, 1.54) is 5.56 Å². The number of hydrazone groups is 1. The molecule has 0 atom stereocenters. The van der Waals surface area contributed by atoms with Crippen molar-refractivity contribution >= 4 is 11.6 Å². The summed E-state index contributed by atoms with van der Waals surface area (Å²) in [6, 6.07) is 17.6. The molecule has 0 aliphatic heterocycles. The van der Waals surface area contributed by atoms with Gasteiger partial charge >= 0.3 is 0 Å². The molecule has 0 unspecified atom stereocenters. The first-order valence-electron chi connectivity index (χ1n) is 8.02. The summed E-state index contributed by atoms with van der Waals surface area (Å²) >= 11 is 0. The van der Waals surface area contributed by atoms with Crippen LogP contribution in [0.15, 0.2) is 59.7 Å². The average molecular weight is 308 g/mol. The molecule has 3 nitrogen and oxygen atoms in total. The predicted octanol–water partition coefficient (Wildman–Crippen LogP) is 4.60. The topological polar surface area (TPSA) is 41.5 Å². The Balaban J connectivity index is 2.14. The molecule has 0 radical (unpaired) electrons. The lowest BCUT2D eigenvalue weighted by Crippen LogP contribution is -2.22. The van der Waals surface area contributed by atoms with Crippen molar-refractivity contribution in [1.29, 1.82) is 0 Å². The summed E-state index contributed by atoms with van der Waals surface area (Å²) in [5, 5.41) is 4.34. The van der Waals surface area contributed by atoms with Gasteiger partial charge in [0.05, 0.1) is 5.71 Å². The molecule has 1 amide bonds. The minimum atomic E-state index is -0.186. The molecule has 120 valence electrons. The zero-order valence-electron chi connectivity index (χ0n) is 14.2. The van der Waals surface area contributed by atoms with Crippen LogP contribution in [0.1, 0.15) is 55.1 Å². The number of carbonyl (C=O) groups excluding carboxylic acids is 1. The molecule has 2 rings (SSSR count). The van der Waals surface area contributed by atoms with Gasteiger partial charge in [-0.15, -0.1) is 0 Å².